The first-order chi connectivity index (χ1) is 6.42. The third-order valence-corrected chi connectivity index (χ3v) is 4.57. The lowest BCUT2D eigenvalue weighted by molar-refractivity contribution is 0.466. The Balaban J connectivity index is 2.41. The molecule has 1 aliphatic carbocycles. The lowest BCUT2D eigenvalue weighted by Gasteiger charge is -2.16. The summed E-state index contributed by atoms with van der Waals surface area (Å²) in [4.78, 5) is 0. The molecule has 0 spiro atoms. The first kappa shape index (κ1) is 11.9. The van der Waals surface area contributed by atoms with Gasteiger partial charge in [0.05, 0.1) is 5.25 Å². The Morgan fingerprint density at radius 2 is 1.86 bits per heavy atom. The predicted molar refractivity (Wildman–Crippen MR) is 57.7 cm³/mol. The van der Waals surface area contributed by atoms with E-state index in [0.29, 0.717) is 6.54 Å². The molecule has 0 unspecified atom stereocenters. The Hall–Kier alpha value is -0.130. The molecule has 1 aliphatic rings. The zero-order valence-corrected chi connectivity index (χ0v) is 9.95. The van der Waals surface area contributed by atoms with E-state index in [1.54, 1.807) is 13.8 Å². The lowest BCUT2D eigenvalue weighted by Crippen LogP contribution is -2.38. The summed E-state index contributed by atoms with van der Waals surface area (Å²) in [6, 6.07) is 0. The standard InChI is InChI=1S/C9H20N2O2S/c1-8(2)14(12,13)11-7-9(4-5-9)6-10-3/h8,10-11H,4-7H2,1-3H3. The van der Waals surface area contributed by atoms with Crippen molar-refractivity contribution in [3.63, 3.8) is 0 Å². The normalized spacial score (nSPS) is 20.0. The molecule has 0 aromatic heterocycles. The van der Waals surface area contributed by atoms with Crippen LogP contribution < -0.4 is 10.0 Å². The van der Waals surface area contributed by atoms with Gasteiger partial charge in [0.25, 0.3) is 0 Å². The van der Waals surface area contributed by atoms with Gasteiger partial charge in [-0.3, -0.25) is 0 Å². The fourth-order valence-corrected chi connectivity index (χ4v) is 2.23. The van der Waals surface area contributed by atoms with E-state index in [1.807, 2.05) is 7.05 Å². The van der Waals surface area contributed by atoms with Crippen molar-refractivity contribution in [3.8, 4) is 0 Å². The number of nitrogens with one attached hydrogen (secondary N) is 2. The van der Waals surface area contributed by atoms with Gasteiger partial charge < -0.3 is 5.32 Å². The maximum absolute atomic E-state index is 11.5. The molecule has 0 bridgehead atoms. The van der Waals surface area contributed by atoms with Crippen LogP contribution in [0.2, 0.25) is 0 Å². The number of hydrogen-bond acceptors (Lipinski definition) is 3. The maximum atomic E-state index is 11.5. The second-order valence-corrected chi connectivity index (χ2v) is 6.77. The van der Waals surface area contributed by atoms with Crippen LogP contribution in [0.4, 0.5) is 0 Å². The van der Waals surface area contributed by atoms with E-state index in [1.165, 1.54) is 0 Å². The van der Waals surface area contributed by atoms with Crippen molar-refractivity contribution >= 4 is 10.0 Å². The van der Waals surface area contributed by atoms with Gasteiger partial charge in [-0.2, -0.15) is 0 Å². The minimum Gasteiger partial charge on any atom is -0.319 e. The van der Waals surface area contributed by atoms with Crippen LogP contribution in [0, 0.1) is 5.41 Å². The van der Waals surface area contributed by atoms with Crippen molar-refractivity contribution in [2.24, 2.45) is 5.41 Å². The number of hydrogen-bond donors (Lipinski definition) is 2. The molecule has 1 fully saturated rings. The molecule has 1 saturated carbocycles. The molecule has 0 atom stereocenters. The smallest absolute Gasteiger partial charge is 0.213 e. The zero-order chi connectivity index (χ0) is 10.8. The van der Waals surface area contributed by atoms with Gasteiger partial charge in [0, 0.05) is 13.1 Å². The molecule has 0 aromatic carbocycles. The highest BCUT2D eigenvalue weighted by molar-refractivity contribution is 7.90. The summed E-state index contributed by atoms with van der Waals surface area (Å²) in [6.07, 6.45) is 2.24. The average Bonchev–Trinajstić information content (AvgIpc) is 2.83. The van der Waals surface area contributed by atoms with E-state index < -0.39 is 10.0 Å². The molecule has 4 nitrogen and oxygen atoms in total. The Kier molecular flexibility index (Phi) is 3.55. The highest BCUT2D eigenvalue weighted by Crippen LogP contribution is 2.44. The van der Waals surface area contributed by atoms with E-state index in [-0.39, 0.29) is 10.7 Å². The lowest BCUT2D eigenvalue weighted by atomic mass is 10.1. The van der Waals surface area contributed by atoms with Crippen molar-refractivity contribution in [3.05, 3.63) is 0 Å². The second kappa shape index (κ2) is 4.16. The van der Waals surface area contributed by atoms with Crippen molar-refractivity contribution in [1.82, 2.24) is 10.0 Å². The molecule has 0 amide bonds. The van der Waals surface area contributed by atoms with Crippen LogP contribution in [0.1, 0.15) is 26.7 Å². The molecule has 2 N–H and O–H groups in total. The van der Waals surface area contributed by atoms with E-state index >= 15 is 0 Å². The van der Waals surface area contributed by atoms with Gasteiger partial charge in [-0.05, 0) is 39.2 Å². The third-order valence-electron chi connectivity index (χ3n) is 2.78. The molecule has 14 heavy (non-hydrogen) atoms. The van der Waals surface area contributed by atoms with Crippen LogP contribution >= 0.6 is 0 Å². The first-order valence-corrected chi connectivity index (χ1v) is 6.60. The second-order valence-electron chi connectivity index (χ2n) is 4.45. The van der Waals surface area contributed by atoms with E-state index in [0.717, 1.165) is 19.4 Å². The molecule has 0 aliphatic heterocycles. The van der Waals surface area contributed by atoms with Crippen LogP contribution in [0.3, 0.4) is 0 Å². The molecule has 0 saturated heterocycles. The van der Waals surface area contributed by atoms with Crippen molar-refractivity contribution < 1.29 is 8.42 Å². The van der Waals surface area contributed by atoms with Crippen LogP contribution in [0.25, 0.3) is 0 Å². The molecular formula is C9H20N2O2S. The largest absolute Gasteiger partial charge is 0.319 e. The van der Waals surface area contributed by atoms with Gasteiger partial charge in [-0.15, -0.1) is 0 Å². The minimum absolute atomic E-state index is 0.191. The Morgan fingerprint density at radius 3 is 2.21 bits per heavy atom. The van der Waals surface area contributed by atoms with Gasteiger partial charge in [-0.1, -0.05) is 0 Å². The summed E-state index contributed by atoms with van der Waals surface area (Å²) in [7, 11) is -1.19. The summed E-state index contributed by atoms with van der Waals surface area (Å²) < 4.78 is 25.6. The van der Waals surface area contributed by atoms with Gasteiger partial charge in [0.15, 0.2) is 0 Å². The third kappa shape index (κ3) is 2.93. The summed E-state index contributed by atoms with van der Waals surface area (Å²) in [5.41, 5.74) is 0.191. The molecule has 0 heterocycles. The van der Waals surface area contributed by atoms with Gasteiger partial charge in [-0.25, -0.2) is 13.1 Å². The SMILES string of the molecule is CNCC1(CNS(=O)(=O)C(C)C)CC1. The molecule has 0 aromatic rings. The van der Waals surface area contributed by atoms with Gasteiger partial charge in [0.1, 0.15) is 0 Å². The summed E-state index contributed by atoms with van der Waals surface area (Å²) in [6.45, 7) is 4.86. The summed E-state index contributed by atoms with van der Waals surface area (Å²) in [5.74, 6) is 0. The fourth-order valence-electron chi connectivity index (χ4n) is 1.39. The van der Waals surface area contributed by atoms with Crippen LogP contribution in [-0.4, -0.2) is 33.8 Å². The number of sulfonamides is 1. The highest BCUT2D eigenvalue weighted by atomic mass is 32.2. The summed E-state index contributed by atoms with van der Waals surface area (Å²) in [5, 5.41) is 2.76. The Labute approximate surface area is 86.5 Å². The van der Waals surface area contributed by atoms with Crippen molar-refractivity contribution in [1.29, 1.82) is 0 Å². The van der Waals surface area contributed by atoms with Gasteiger partial charge in [0.2, 0.25) is 10.0 Å². The van der Waals surface area contributed by atoms with E-state index in [4.69, 9.17) is 0 Å². The Bertz CT molecular complexity index is 281. The fraction of sp³-hybridized carbons (Fsp3) is 1.00. The molecule has 5 heteroatoms. The summed E-state index contributed by atoms with van der Waals surface area (Å²) >= 11 is 0. The number of rotatable bonds is 6. The van der Waals surface area contributed by atoms with Crippen LogP contribution in [0.5, 0.6) is 0 Å². The first-order valence-electron chi connectivity index (χ1n) is 5.05. The topological polar surface area (TPSA) is 58.2 Å². The zero-order valence-electron chi connectivity index (χ0n) is 9.13. The molecule has 0 radical (unpaired) electrons. The maximum Gasteiger partial charge on any atom is 0.213 e. The van der Waals surface area contributed by atoms with Crippen LogP contribution in [0.15, 0.2) is 0 Å². The van der Waals surface area contributed by atoms with E-state index in [9.17, 15) is 8.42 Å². The predicted octanol–water partition coefficient (Wildman–Crippen LogP) is 0.314. The quantitative estimate of drug-likeness (QED) is 0.677. The molecular weight excluding hydrogens is 200 g/mol. The van der Waals surface area contributed by atoms with Crippen LogP contribution in [-0.2, 0) is 10.0 Å². The Morgan fingerprint density at radius 1 is 1.29 bits per heavy atom. The van der Waals surface area contributed by atoms with E-state index in [2.05, 4.69) is 10.0 Å². The molecule has 1 rings (SSSR count). The van der Waals surface area contributed by atoms with Crippen molar-refractivity contribution in [2.75, 3.05) is 20.1 Å². The highest BCUT2D eigenvalue weighted by Gasteiger charge is 2.42. The monoisotopic (exact) mass is 220 g/mol. The van der Waals surface area contributed by atoms with Gasteiger partial charge >= 0.3 is 0 Å². The molecule has 84 valence electrons. The average molecular weight is 220 g/mol. The minimum atomic E-state index is -3.09. The van der Waals surface area contributed by atoms with Crippen molar-refractivity contribution in [2.45, 2.75) is 31.9 Å².